The molecule has 1 unspecified atom stereocenters. The predicted molar refractivity (Wildman–Crippen MR) is 83.0 cm³/mol. The van der Waals surface area contributed by atoms with Gasteiger partial charge in [0, 0.05) is 5.69 Å². The Balaban J connectivity index is 2.06. The van der Waals surface area contributed by atoms with Crippen molar-refractivity contribution in [2.24, 2.45) is 0 Å². The van der Waals surface area contributed by atoms with Crippen molar-refractivity contribution >= 4 is 5.69 Å². The number of rotatable bonds is 10. The molecule has 0 spiro atoms. The fraction of sp³-hybridized carbons (Fsp3) is 0.647. The minimum Gasteiger partial charge on any atom is -0.399 e. The normalized spacial score (nSPS) is 12.5. The molecule has 108 valence electrons. The van der Waals surface area contributed by atoms with Gasteiger partial charge in [-0.05, 0) is 24.1 Å². The van der Waals surface area contributed by atoms with Crippen molar-refractivity contribution in [2.75, 3.05) is 5.73 Å². The van der Waals surface area contributed by atoms with Crippen LogP contribution < -0.4 is 5.73 Å². The van der Waals surface area contributed by atoms with E-state index in [0.29, 0.717) is 0 Å². The maximum atomic E-state index is 10.1. The molecule has 0 saturated heterocycles. The largest absolute Gasteiger partial charge is 0.399 e. The maximum absolute atomic E-state index is 10.1. The van der Waals surface area contributed by atoms with Gasteiger partial charge in [0.05, 0.1) is 6.10 Å². The van der Waals surface area contributed by atoms with Crippen molar-refractivity contribution in [3.8, 4) is 0 Å². The molecule has 1 atom stereocenters. The zero-order valence-corrected chi connectivity index (χ0v) is 12.3. The zero-order valence-electron chi connectivity index (χ0n) is 12.3. The summed E-state index contributed by atoms with van der Waals surface area (Å²) in [6, 6.07) is 7.58. The molecule has 2 heteroatoms. The first-order chi connectivity index (χ1) is 9.24. The first-order valence-corrected chi connectivity index (χ1v) is 7.77. The van der Waals surface area contributed by atoms with E-state index in [9.17, 15) is 5.11 Å². The zero-order chi connectivity index (χ0) is 13.9. The molecule has 3 N–H and O–H groups in total. The van der Waals surface area contributed by atoms with Gasteiger partial charge < -0.3 is 10.8 Å². The average Bonchev–Trinajstić information content (AvgIpc) is 2.41. The molecule has 0 aliphatic carbocycles. The molecule has 0 fully saturated rings. The van der Waals surface area contributed by atoms with Gasteiger partial charge in [0.25, 0.3) is 0 Å². The summed E-state index contributed by atoms with van der Waals surface area (Å²) < 4.78 is 0. The Morgan fingerprint density at radius 1 is 1.00 bits per heavy atom. The van der Waals surface area contributed by atoms with Crippen LogP contribution in [-0.2, 0) is 0 Å². The van der Waals surface area contributed by atoms with Crippen molar-refractivity contribution in [2.45, 2.75) is 70.8 Å². The Morgan fingerprint density at radius 3 is 2.26 bits per heavy atom. The average molecular weight is 263 g/mol. The molecule has 0 radical (unpaired) electrons. The molecule has 2 nitrogen and oxygen atoms in total. The van der Waals surface area contributed by atoms with Gasteiger partial charge in [0.1, 0.15) is 0 Å². The number of nitrogens with two attached hydrogens (primary N) is 1. The number of hydrogen-bond donors (Lipinski definition) is 2. The van der Waals surface area contributed by atoms with Gasteiger partial charge in [0.2, 0.25) is 0 Å². The highest BCUT2D eigenvalue weighted by Gasteiger charge is 2.06. The quantitative estimate of drug-likeness (QED) is 0.469. The van der Waals surface area contributed by atoms with E-state index in [4.69, 9.17) is 5.73 Å². The van der Waals surface area contributed by atoms with Crippen LogP contribution in [-0.4, -0.2) is 5.11 Å². The minimum absolute atomic E-state index is 0.358. The van der Waals surface area contributed by atoms with Crippen molar-refractivity contribution in [3.63, 3.8) is 0 Å². The highest BCUT2D eigenvalue weighted by molar-refractivity contribution is 5.41. The number of benzene rings is 1. The molecular formula is C17H29NO. The summed E-state index contributed by atoms with van der Waals surface area (Å²) in [5, 5.41) is 10.1. The van der Waals surface area contributed by atoms with Crippen molar-refractivity contribution in [1.29, 1.82) is 0 Å². The van der Waals surface area contributed by atoms with Crippen molar-refractivity contribution in [1.82, 2.24) is 0 Å². The SMILES string of the molecule is CCCCCCCCCCC(O)c1cccc(N)c1. The summed E-state index contributed by atoms with van der Waals surface area (Å²) >= 11 is 0. The molecule has 19 heavy (non-hydrogen) atoms. The number of unbranched alkanes of at least 4 members (excludes halogenated alkanes) is 7. The van der Waals surface area contributed by atoms with Gasteiger partial charge in [0.15, 0.2) is 0 Å². The van der Waals surface area contributed by atoms with Gasteiger partial charge in [-0.25, -0.2) is 0 Å². The minimum atomic E-state index is -0.358. The Kier molecular flexibility index (Phi) is 8.31. The molecular weight excluding hydrogens is 234 g/mol. The van der Waals surface area contributed by atoms with Crippen LogP contribution in [0.1, 0.15) is 76.4 Å². The molecule has 0 amide bonds. The van der Waals surface area contributed by atoms with E-state index in [1.165, 1.54) is 44.9 Å². The van der Waals surface area contributed by atoms with Crippen LogP contribution in [0.2, 0.25) is 0 Å². The van der Waals surface area contributed by atoms with Crippen LogP contribution in [0, 0.1) is 0 Å². The molecule has 1 aromatic carbocycles. The summed E-state index contributed by atoms with van der Waals surface area (Å²) in [5.74, 6) is 0. The maximum Gasteiger partial charge on any atom is 0.0790 e. The third kappa shape index (κ3) is 7.22. The lowest BCUT2D eigenvalue weighted by Gasteiger charge is -2.11. The number of nitrogen functional groups attached to an aromatic ring is 1. The summed E-state index contributed by atoms with van der Waals surface area (Å²) in [4.78, 5) is 0. The van der Waals surface area contributed by atoms with Gasteiger partial charge in [-0.3, -0.25) is 0 Å². The van der Waals surface area contributed by atoms with E-state index >= 15 is 0 Å². The summed E-state index contributed by atoms with van der Waals surface area (Å²) in [6.07, 6.45) is 10.9. The number of aliphatic hydroxyl groups excluding tert-OH is 1. The lowest BCUT2D eigenvalue weighted by molar-refractivity contribution is 0.163. The number of aliphatic hydroxyl groups is 1. The fourth-order valence-electron chi connectivity index (χ4n) is 2.40. The van der Waals surface area contributed by atoms with Gasteiger partial charge in [-0.15, -0.1) is 0 Å². The Morgan fingerprint density at radius 2 is 1.63 bits per heavy atom. The first-order valence-electron chi connectivity index (χ1n) is 7.77. The molecule has 0 heterocycles. The standard InChI is InChI=1S/C17H29NO/c1-2-3-4-5-6-7-8-9-13-17(19)15-11-10-12-16(18)14-15/h10-12,14,17,19H,2-9,13,18H2,1H3. The van der Waals surface area contributed by atoms with E-state index in [2.05, 4.69) is 6.92 Å². The van der Waals surface area contributed by atoms with E-state index < -0.39 is 0 Å². The van der Waals surface area contributed by atoms with Crippen LogP contribution in [0.4, 0.5) is 5.69 Å². The van der Waals surface area contributed by atoms with E-state index in [1.807, 2.05) is 24.3 Å². The topological polar surface area (TPSA) is 46.2 Å². The Bertz CT molecular complexity index is 338. The summed E-state index contributed by atoms with van der Waals surface area (Å²) in [6.45, 7) is 2.25. The number of anilines is 1. The third-order valence-corrected chi connectivity index (χ3v) is 3.63. The van der Waals surface area contributed by atoms with Crippen LogP contribution >= 0.6 is 0 Å². The smallest absolute Gasteiger partial charge is 0.0790 e. The highest BCUT2D eigenvalue weighted by atomic mass is 16.3. The van der Waals surface area contributed by atoms with Crippen molar-refractivity contribution in [3.05, 3.63) is 29.8 Å². The Labute approximate surface area is 118 Å². The summed E-state index contributed by atoms with van der Waals surface area (Å²) in [5.41, 5.74) is 7.40. The highest BCUT2D eigenvalue weighted by Crippen LogP contribution is 2.21. The summed E-state index contributed by atoms with van der Waals surface area (Å²) in [7, 11) is 0. The second-order valence-electron chi connectivity index (χ2n) is 5.45. The lowest BCUT2D eigenvalue weighted by Crippen LogP contribution is -1.98. The van der Waals surface area contributed by atoms with Crippen LogP contribution in [0.15, 0.2) is 24.3 Å². The lowest BCUT2D eigenvalue weighted by atomic mass is 10.0. The van der Waals surface area contributed by atoms with Crippen LogP contribution in [0.5, 0.6) is 0 Å². The van der Waals surface area contributed by atoms with Crippen LogP contribution in [0.3, 0.4) is 0 Å². The van der Waals surface area contributed by atoms with Crippen molar-refractivity contribution < 1.29 is 5.11 Å². The van der Waals surface area contributed by atoms with Gasteiger partial charge in [-0.2, -0.15) is 0 Å². The first kappa shape index (κ1) is 16.0. The molecule has 0 aliphatic heterocycles. The van der Waals surface area contributed by atoms with E-state index in [1.54, 1.807) is 0 Å². The van der Waals surface area contributed by atoms with Crippen LogP contribution in [0.25, 0.3) is 0 Å². The van der Waals surface area contributed by atoms with E-state index in [-0.39, 0.29) is 6.10 Å². The molecule has 1 aromatic rings. The number of hydrogen-bond acceptors (Lipinski definition) is 2. The second-order valence-corrected chi connectivity index (χ2v) is 5.45. The monoisotopic (exact) mass is 263 g/mol. The second kappa shape index (κ2) is 9.85. The molecule has 0 aromatic heterocycles. The fourth-order valence-corrected chi connectivity index (χ4v) is 2.40. The predicted octanol–water partition coefficient (Wildman–Crippen LogP) is 4.83. The molecule has 1 rings (SSSR count). The molecule has 0 saturated carbocycles. The van der Waals surface area contributed by atoms with E-state index in [0.717, 1.165) is 24.1 Å². The Hall–Kier alpha value is -1.02. The third-order valence-electron chi connectivity index (χ3n) is 3.63. The molecule has 0 aliphatic rings. The molecule has 0 bridgehead atoms. The van der Waals surface area contributed by atoms with Gasteiger partial charge in [-0.1, -0.05) is 70.4 Å². The van der Waals surface area contributed by atoms with Gasteiger partial charge >= 0.3 is 0 Å².